The van der Waals surface area contributed by atoms with Crippen LogP contribution in [0.5, 0.6) is 5.75 Å². The number of methoxy groups -OCH3 is 1. The fraction of sp³-hybridized carbons (Fsp3) is 0.500. The number of likely N-dealkylation sites (N-methyl/N-ethyl adjacent to an activating group) is 1. The van der Waals surface area contributed by atoms with Gasteiger partial charge in [-0.25, -0.2) is 0 Å². The van der Waals surface area contributed by atoms with Crippen LogP contribution < -0.4 is 15.0 Å². The number of anilines is 1. The van der Waals surface area contributed by atoms with E-state index in [2.05, 4.69) is 5.32 Å². The molecule has 0 aromatic heterocycles. The first-order valence-electron chi connectivity index (χ1n) is 6.25. The average molecular weight is 248 g/mol. The molecule has 1 unspecified atom stereocenters. The van der Waals surface area contributed by atoms with Crippen molar-refractivity contribution in [2.24, 2.45) is 0 Å². The van der Waals surface area contributed by atoms with Gasteiger partial charge in [-0.3, -0.25) is 4.79 Å². The van der Waals surface area contributed by atoms with E-state index in [1.165, 1.54) is 0 Å². The maximum absolute atomic E-state index is 12.5. The van der Waals surface area contributed by atoms with Crippen molar-refractivity contribution in [1.29, 1.82) is 0 Å². The van der Waals surface area contributed by atoms with Crippen molar-refractivity contribution in [3.8, 4) is 5.75 Å². The van der Waals surface area contributed by atoms with Gasteiger partial charge in [0, 0.05) is 7.05 Å². The topological polar surface area (TPSA) is 41.6 Å². The largest absolute Gasteiger partial charge is 0.495 e. The Morgan fingerprint density at radius 3 is 2.78 bits per heavy atom. The number of carbonyl (C=O) groups excluding carboxylic acids is 1. The van der Waals surface area contributed by atoms with Gasteiger partial charge >= 0.3 is 0 Å². The van der Waals surface area contributed by atoms with Gasteiger partial charge in [0.25, 0.3) is 0 Å². The molecule has 0 radical (unpaired) electrons. The molecular formula is C14H20N2O2. The zero-order valence-corrected chi connectivity index (χ0v) is 11.2. The Kier molecular flexibility index (Phi) is 3.57. The van der Waals surface area contributed by atoms with E-state index in [-0.39, 0.29) is 5.91 Å². The highest BCUT2D eigenvalue weighted by Crippen LogP contribution is 2.30. The first kappa shape index (κ1) is 12.9. The number of rotatable bonds is 3. The van der Waals surface area contributed by atoms with Crippen molar-refractivity contribution in [2.45, 2.75) is 25.3 Å². The summed E-state index contributed by atoms with van der Waals surface area (Å²) in [5, 5.41) is 3.29. The molecule has 0 saturated carbocycles. The minimum absolute atomic E-state index is 0.0875. The molecule has 4 heteroatoms. The summed E-state index contributed by atoms with van der Waals surface area (Å²) in [6.45, 7) is 2.87. The second kappa shape index (κ2) is 4.98. The first-order chi connectivity index (χ1) is 8.58. The predicted molar refractivity (Wildman–Crippen MR) is 72.0 cm³/mol. The molecule has 1 amide bonds. The van der Waals surface area contributed by atoms with Crippen LogP contribution in [0.3, 0.4) is 0 Å². The molecule has 0 bridgehead atoms. The Hall–Kier alpha value is -1.55. The minimum atomic E-state index is -0.449. The highest BCUT2D eigenvalue weighted by molar-refractivity contribution is 6.00. The molecule has 1 aromatic carbocycles. The van der Waals surface area contributed by atoms with Crippen molar-refractivity contribution >= 4 is 11.6 Å². The average Bonchev–Trinajstić information content (AvgIpc) is 2.85. The lowest BCUT2D eigenvalue weighted by molar-refractivity contribution is -0.123. The van der Waals surface area contributed by atoms with Crippen molar-refractivity contribution in [1.82, 2.24) is 5.32 Å². The van der Waals surface area contributed by atoms with Crippen molar-refractivity contribution < 1.29 is 9.53 Å². The summed E-state index contributed by atoms with van der Waals surface area (Å²) < 4.78 is 5.30. The molecule has 0 spiro atoms. The van der Waals surface area contributed by atoms with Crippen molar-refractivity contribution in [3.05, 3.63) is 24.3 Å². The van der Waals surface area contributed by atoms with E-state index in [4.69, 9.17) is 4.74 Å². The number of ether oxygens (including phenoxy) is 1. The van der Waals surface area contributed by atoms with E-state index in [9.17, 15) is 4.79 Å². The second-order valence-electron chi connectivity index (χ2n) is 4.90. The van der Waals surface area contributed by atoms with Crippen LogP contribution in [0.25, 0.3) is 0 Å². The number of para-hydroxylation sites is 2. The van der Waals surface area contributed by atoms with E-state index < -0.39 is 5.54 Å². The van der Waals surface area contributed by atoms with Gasteiger partial charge in [0.05, 0.1) is 18.3 Å². The number of hydrogen-bond acceptors (Lipinski definition) is 3. The highest BCUT2D eigenvalue weighted by atomic mass is 16.5. The molecule has 1 aromatic rings. The third-order valence-electron chi connectivity index (χ3n) is 3.59. The van der Waals surface area contributed by atoms with Crippen LogP contribution in [0.1, 0.15) is 19.8 Å². The summed E-state index contributed by atoms with van der Waals surface area (Å²) in [4.78, 5) is 14.2. The van der Waals surface area contributed by atoms with Gasteiger partial charge in [0.15, 0.2) is 0 Å². The molecule has 4 nitrogen and oxygen atoms in total. The van der Waals surface area contributed by atoms with E-state index >= 15 is 0 Å². The van der Waals surface area contributed by atoms with E-state index in [1.807, 2.05) is 31.2 Å². The Labute approximate surface area is 108 Å². The fourth-order valence-corrected chi connectivity index (χ4v) is 2.46. The van der Waals surface area contributed by atoms with Crippen LogP contribution in [-0.2, 0) is 4.79 Å². The Balaban J connectivity index is 2.25. The second-order valence-corrected chi connectivity index (χ2v) is 4.90. The quantitative estimate of drug-likeness (QED) is 0.887. The monoisotopic (exact) mass is 248 g/mol. The van der Waals surface area contributed by atoms with Crippen molar-refractivity contribution in [3.63, 3.8) is 0 Å². The normalized spacial score (nSPS) is 22.8. The third-order valence-corrected chi connectivity index (χ3v) is 3.59. The van der Waals surface area contributed by atoms with Crippen LogP contribution in [0, 0.1) is 0 Å². The maximum Gasteiger partial charge on any atom is 0.246 e. The van der Waals surface area contributed by atoms with Gasteiger partial charge in [-0.05, 0) is 38.4 Å². The van der Waals surface area contributed by atoms with Crippen LogP contribution in [0.4, 0.5) is 5.69 Å². The Morgan fingerprint density at radius 1 is 1.44 bits per heavy atom. The predicted octanol–water partition coefficient (Wildman–Crippen LogP) is 1.80. The van der Waals surface area contributed by atoms with Gasteiger partial charge in [0.1, 0.15) is 5.75 Å². The molecule has 0 aliphatic carbocycles. The smallest absolute Gasteiger partial charge is 0.246 e. The Morgan fingerprint density at radius 2 is 2.17 bits per heavy atom. The van der Waals surface area contributed by atoms with Crippen LogP contribution >= 0.6 is 0 Å². The number of benzene rings is 1. The standard InChI is InChI=1S/C14H20N2O2/c1-14(9-6-10-15-14)13(17)16(2)11-7-4-5-8-12(11)18-3/h4-5,7-8,15H,6,9-10H2,1-3H3. The van der Waals surface area contributed by atoms with Crippen molar-refractivity contribution in [2.75, 3.05) is 25.6 Å². The van der Waals surface area contributed by atoms with E-state index in [0.717, 1.165) is 30.8 Å². The highest BCUT2D eigenvalue weighted by Gasteiger charge is 2.38. The number of carbonyl (C=O) groups is 1. The minimum Gasteiger partial charge on any atom is -0.495 e. The summed E-state index contributed by atoms with van der Waals surface area (Å²) in [6.07, 6.45) is 1.92. The van der Waals surface area contributed by atoms with Gasteiger partial charge < -0.3 is 15.0 Å². The molecule has 1 fully saturated rings. The lowest BCUT2D eigenvalue weighted by Crippen LogP contribution is -2.51. The zero-order valence-electron chi connectivity index (χ0n) is 11.2. The van der Waals surface area contributed by atoms with Crippen LogP contribution in [0.2, 0.25) is 0 Å². The molecule has 1 atom stereocenters. The molecule has 2 rings (SSSR count). The van der Waals surface area contributed by atoms with E-state index in [1.54, 1.807) is 19.1 Å². The summed E-state index contributed by atoms with van der Waals surface area (Å²) in [6, 6.07) is 7.57. The summed E-state index contributed by atoms with van der Waals surface area (Å²) in [5.41, 5.74) is 0.357. The number of hydrogen-bond donors (Lipinski definition) is 1. The van der Waals surface area contributed by atoms with Gasteiger partial charge in [-0.2, -0.15) is 0 Å². The molecular weight excluding hydrogens is 228 g/mol. The molecule has 18 heavy (non-hydrogen) atoms. The third kappa shape index (κ3) is 2.20. The summed E-state index contributed by atoms with van der Waals surface area (Å²) in [5.74, 6) is 0.805. The van der Waals surface area contributed by atoms with Gasteiger partial charge in [0.2, 0.25) is 5.91 Å². The number of nitrogens with zero attached hydrogens (tertiary/aromatic N) is 1. The van der Waals surface area contributed by atoms with Crippen LogP contribution in [0.15, 0.2) is 24.3 Å². The molecule has 98 valence electrons. The molecule has 1 saturated heterocycles. The Bertz CT molecular complexity index is 439. The maximum atomic E-state index is 12.5. The fourth-order valence-electron chi connectivity index (χ4n) is 2.46. The zero-order chi connectivity index (χ0) is 13.2. The van der Waals surface area contributed by atoms with Crippen LogP contribution in [-0.4, -0.2) is 32.1 Å². The first-order valence-corrected chi connectivity index (χ1v) is 6.25. The molecule has 1 aliphatic heterocycles. The van der Waals surface area contributed by atoms with E-state index in [0.29, 0.717) is 0 Å². The number of nitrogens with one attached hydrogen (secondary N) is 1. The lowest BCUT2D eigenvalue weighted by atomic mass is 9.98. The van der Waals surface area contributed by atoms with Gasteiger partial charge in [-0.1, -0.05) is 12.1 Å². The number of amides is 1. The van der Waals surface area contributed by atoms with Gasteiger partial charge in [-0.15, -0.1) is 0 Å². The summed E-state index contributed by atoms with van der Waals surface area (Å²) >= 11 is 0. The lowest BCUT2D eigenvalue weighted by Gasteiger charge is -2.30. The molecule has 1 aliphatic rings. The molecule has 1 N–H and O–H groups in total. The molecule has 1 heterocycles. The summed E-state index contributed by atoms with van der Waals surface area (Å²) in [7, 11) is 3.41. The SMILES string of the molecule is COc1ccccc1N(C)C(=O)C1(C)CCCN1.